The summed E-state index contributed by atoms with van der Waals surface area (Å²) in [4.78, 5) is 2.17. The number of benzene rings is 2. The molecule has 0 unspecified atom stereocenters. The van der Waals surface area contributed by atoms with Gasteiger partial charge in [-0.1, -0.05) is 17.7 Å². The van der Waals surface area contributed by atoms with Crippen LogP contribution in [0.2, 0.25) is 5.02 Å². The summed E-state index contributed by atoms with van der Waals surface area (Å²) in [7, 11) is 0.0252. The van der Waals surface area contributed by atoms with Gasteiger partial charge in [-0.15, -0.1) is 0 Å². The first-order valence-corrected chi connectivity index (χ1v) is 11.8. The second kappa shape index (κ2) is 8.36. The van der Waals surface area contributed by atoms with Gasteiger partial charge in [0.05, 0.1) is 11.7 Å². The lowest BCUT2D eigenvalue weighted by Crippen LogP contribution is -2.19. The van der Waals surface area contributed by atoms with E-state index in [1.807, 2.05) is 25.9 Å². The van der Waals surface area contributed by atoms with Crippen LogP contribution in [0.25, 0.3) is 10.9 Å². The predicted molar refractivity (Wildman–Crippen MR) is 120 cm³/mol. The number of likely N-dealkylation sites (N-methyl/N-ethyl adjacent to an activating group) is 1. The number of aryl methyl sites for hydroxylation is 1. The Hall–Kier alpha value is -1.06. The van der Waals surface area contributed by atoms with E-state index in [9.17, 15) is 8.42 Å². The molecule has 1 aromatic heterocycles. The highest BCUT2D eigenvalue weighted by atomic mass is 79.9. The van der Waals surface area contributed by atoms with E-state index < -0.39 is 10.0 Å². The molecule has 150 valence electrons. The van der Waals surface area contributed by atoms with Crippen LogP contribution < -0.4 is 4.74 Å². The molecule has 9 heteroatoms. The number of nitrogens with zero attached hydrogens (tertiary/aromatic N) is 2. The maximum Gasteiger partial charge on any atom is 0.269 e. The first-order chi connectivity index (χ1) is 13.1. The van der Waals surface area contributed by atoms with E-state index in [-0.39, 0.29) is 4.90 Å². The average molecular weight is 551 g/mol. The normalized spacial score (nSPS) is 12.1. The smallest absolute Gasteiger partial charge is 0.269 e. The summed E-state index contributed by atoms with van der Waals surface area (Å²) in [6, 6.07) is 8.52. The second-order valence-electron chi connectivity index (χ2n) is 6.66. The molecule has 0 bridgehead atoms. The Morgan fingerprint density at radius 2 is 1.86 bits per heavy atom. The number of halogens is 3. The molecule has 0 N–H and O–H groups in total. The van der Waals surface area contributed by atoms with Crippen molar-refractivity contribution in [3.63, 3.8) is 0 Å². The Morgan fingerprint density at radius 3 is 2.50 bits per heavy atom. The molecule has 5 nitrogen and oxygen atoms in total. The van der Waals surface area contributed by atoms with Gasteiger partial charge in [-0.25, -0.2) is 12.4 Å². The minimum Gasteiger partial charge on any atom is -0.490 e. The summed E-state index contributed by atoms with van der Waals surface area (Å²) in [5.41, 5.74) is 1.44. The quantitative estimate of drug-likeness (QED) is 0.418. The standard InChI is InChI=1S/C19H19Br2ClN2O3S/c1-12-4-5-18(15(20)8-12)28(25,26)24-11-17(27-7-6-23(2)3)14-9-13(22)10-16(21)19(14)24/h4-5,8-11H,6-7H2,1-3H3. The minimum atomic E-state index is -3.86. The van der Waals surface area contributed by atoms with Crippen molar-refractivity contribution in [1.82, 2.24) is 8.87 Å². The molecule has 0 aliphatic rings. The van der Waals surface area contributed by atoms with Crippen molar-refractivity contribution in [2.75, 3.05) is 27.2 Å². The first-order valence-electron chi connectivity index (χ1n) is 8.40. The third-order valence-corrected chi connectivity index (χ3v) is 7.63. The van der Waals surface area contributed by atoms with Crippen LogP contribution in [0.3, 0.4) is 0 Å². The monoisotopic (exact) mass is 548 g/mol. The molecule has 0 amide bonds. The van der Waals surface area contributed by atoms with Crippen LogP contribution in [0, 0.1) is 6.92 Å². The zero-order valence-electron chi connectivity index (χ0n) is 15.5. The molecule has 0 fully saturated rings. The lowest BCUT2D eigenvalue weighted by molar-refractivity contribution is 0.263. The van der Waals surface area contributed by atoms with E-state index in [4.69, 9.17) is 16.3 Å². The van der Waals surface area contributed by atoms with Gasteiger partial charge >= 0.3 is 0 Å². The molecule has 2 aromatic carbocycles. The van der Waals surface area contributed by atoms with E-state index in [1.165, 1.54) is 10.2 Å². The van der Waals surface area contributed by atoms with Gasteiger partial charge in [0.25, 0.3) is 10.0 Å². The number of rotatable bonds is 6. The van der Waals surface area contributed by atoms with Crippen LogP contribution in [0.5, 0.6) is 5.75 Å². The van der Waals surface area contributed by atoms with Gasteiger partial charge in [0.2, 0.25) is 0 Å². The zero-order chi connectivity index (χ0) is 20.6. The van der Waals surface area contributed by atoms with Gasteiger partial charge in [-0.3, -0.25) is 0 Å². The van der Waals surface area contributed by atoms with E-state index in [0.29, 0.717) is 43.8 Å². The Morgan fingerprint density at radius 1 is 1.14 bits per heavy atom. The van der Waals surface area contributed by atoms with Gasteiger partial charge < -0.3 is 9.64 Å². The van der Waals surface area contributed by atoms with Crippen molar-refractivity contribution in [1.29, 1.82) is 0 Å². The number of aromatic nitrogens is 1. The Kier molecular flexibility index (Phi) is 6.46. The Balaban J connectivity index is 2.20. The minimum absolute atomic E-state index is 0.177. The highest BCUT2D eigenvalue weighted by Gasteiger charge is 2.26. The SMILES string of the molecule is Cc1ccc(S(=O)(=O)n2cc(OCCN(C)C)c3cc(Cl)cc(Br)c32)c(Br)c1. The van der Waals surface area contributed by atoms with Crippen LogP contribution in [-0.4, -0.2) is 44.5 Å². The van der Waals surface area contributed by atoms with Crippen molar-refractivity contribution >= 4 is 64.4 Å². The van der Waals surface area contributed by atoms with Crippen LogP contribution in [-0.2, 0) is 10.0 Å². The summed E-state index contributed by atoms with van der Waals surface area (Å²) < 4.78 is 35.1. The van der Waals surface area contributed by atoms with E-state index >= 15 is 0 Å². The third kappa shape index (κ3) is 4.26. The molecule has 0 spiro atoms. The molecule has 0 aliphatic heterocycles. The number of hydrogen-bond donors (Lipinski definition) is 0. The summed E-state index contributed by atoms with van der Waals surface area (Å²) in [5, 5.41) is 1.12. The second-order valence-corrected chi connectivity index (χ2v) is 10.6. The highest BCUT2D eigenvalue weighted by molar-refractivity contribution is 9.11. The Bertz CT molecular complexity index is 1140. The zero-order valence-corrected chi connectivity index (χ0v) is 20.3. The van der Waals surface area contributed by atoms with Gasteiger partial charge in [0, 0.05) is 25.9 Å². The van der Waals surface area contributed by atoms with E-state index in [2.05, 4.69) is 31.9 Å². The van der Waals surface area contributed by atoms with Crippen LogP contribution in [0.15, 0.2) is 50.4 Å². The van der Waals surface area contributed by atoms with Gasteiger partial charge in [0.15, 0.2) is 0 Å². The summed E-state index contributed by atoms with van der Waals surface area (Å²) in [6.07, 6.45) is 1.50. The molecule has 0 atom stereocenters. The molecule has 3 aromatic rings. The van der Waals surface area contributed by atoms with Crippen molar-refractivity contribution in [3.05, 3.63) is 56.1 Å². The summed E-state index contributed by atoms with van der Waals surface area (Å²) in [5.74, 6) is 0.465. The van der Waals surface area contributed by atoms with Gasteiger partial charge in [0.1, 0.15) is 17.3 Å². The molecule has 28 heavy (non-hydrogen) atoms. The van der Waals surface area contributed by atoms with Gasteiger partial charge in [-0.05, 0) is 82.7 Å². The average Bonchev–Trinajstić information content (AvgIpc) is 2.94. The molecular formula is C19H19Br2ClN2O3S. The molecule has 0 aliphatic carbocycles. The molecule has 0 radical (unpaired) electrons. The largest absolute Gasteiger partial charge is 0.490 e. The predicted octanol–water partition coefficient (Wildman–Crippen LogP) is 5.31. The van der Waals surface area contributed by atoms with Crippen molar-refractivity contribution in [3.8, 4) is 5.75 Å². The molecule has 3 rings (SSSR count). The van der Waals surface area contributed by atoms with Crippen molar-refractivity contribution in [2.45, 2.75) is 11.8 Å². The molecule has 0 saturated heterocycles. The fourth-order valence-electron chi connectivity index (χ4n) is 2.78. The topological polar surface area (TPSA) is 51.5 Å². The molecular weight excluding hydrogens is 532 g/mol. The fourth-order valence-corrected chi connectivity index (χ4v) is 6.44. The Labute approximate surface area is 186 Å². The van der Waals surface area contributed by atoms with Crippen LogP contribution in [0.1, 0.15) is 5.56 Å². The number of ether oxygens (including phenoxy) is 1. The highest BCUT2D eigenvalue weighted by Crippen LogP contribution is 2.38. The van der Waals surface area contributed by atoms with Crippen molar-refractivity contribution in [2.24, 2.45) is 0 Å². The number of hydrogen-bond acceptors (Lipinski definition) is 4. The fraction of sp³-hybridized carbons (Fsp3) is 0.263. The number of fused-ring (bicyclic) bond motifs is 1. The van der Waals surface area contributed by atoms with Crippen LogP contribution >= 0.6 is 43.5 Å². The van der Waals surface area contributed by atoms with Gasteiger partial charge in [-0.2, -0.15) is 0 Å². The first kappa shape index (κ1) is 21.6. The van der Waals surface area contributed by atoms with Crippen LogP contribution in [0.4, 0.5) is 0 Å². The summed E-state index contributed by atoms with van der Waals surface area (Å²) in [6.45, 7) is 3.02. The molecule has 0 saturated carbocycles. The lowest BCUT2D eigenvalue weighted by Gasteiger charge is -2.11. The van der Waals surface area contributed by atoms with E-state index in [1.54, 1.807) is 30.3 Å². The third-order valence-electron chi connectivity index (χ3n) is 4.17. The van der Waals surface area contributed by atoms with E-state index in [0.717, 1.165) is 5.56 Å². The lowest BCUT2D eigenvalue weighted by atomic mass is 10.2. The molecule has 1 heterocycles. The maximum atomic E-state index is 13.4. The van der Waals surface area contributed by atoms with Crippen molar-refractivity contribution < 1.29 is 13.2 Å². The maximum absolute atomic E-state index is 13.4. The summed E-state index contributed by atoms with van der Waals surface area (Å²) >= 11 is 13.0.